The first-order chi connectivity index (χ1) is 23.0. The Morgan fingerprint density at radius 3 is 0.979 bits per heavy atom. The number of esters is 6. The van der Waals surface area contributed by atoms with Crippen molar-refractivity contribution in [3.8, 4) is 0 Å². The van der Waals surface area contributed by atoms with E-state index in [1.807, 2.05) is 0 Å². The monoisotopic (exact) mass is 808 g/mol. The van der Waals surface area contributed by atoms with Crippen LogP contribution in [0.3, 0.4) is 0 Å². The molecule has 0 atom stereocenters. The maximum absolute atomic E-state index is 13.1. The summed E-state index contributed by atoms with van der Waals surface area (Å²) in [4.78, 5) is 77.5. The summed E-state index contributed by atoms with van der Waals surface area (Å²) in [5.41, 5.74) is 0. The Balaban J connectivity index is 1.67. The molecule has 4 rings (SSSR count). The highest BCUT2D eigenvalue weighted by Gasteiger charge is 2.38. The summed E-state index contributed by atoms with van der Waals surface area (Å²) in [5, 5.41) is 0. The van der Waals surface area contributed by atoms with E-state index in [0.717, 1.165) is 70.6 Å². The van der Waals surface area contributed by atoms with E-state index in [0.29, 0.717) is 26.8 Å². The summed E-state index contributed by atoms with van der Waals surface area (Å²) in [6.45, 7) is 3.63. The molecule has 0 saturated heterocycles. The summed E-state index contributed by atoms with van der Waals surface area (Å²) in [6.07, 6.45) is 3.36. The lowest BCUT2D eigenvalue weighted by Gasteiger charge is -2.03. The fourth-order valence-electron chi connectivity index (χ4n) is 3.52. The molecule has 0 amide bonds. The van der Waals surface area contributed by atoms with Gasteiger partial charge >= 0.3 is 35.8 Å². The van der Waals surface area contributed by atoms with Crippen LogP contribution in [0.2, 0.25) is 0 Å². The van der Waals surface area contributed by atoms with Gasteiger partial charge in [0.15, 0.2) is 0 Å². The van der Waals surface area contributed by atoms with Crippen LogP contribution in [0.25, 0.3) is 0 Å². The van der Waals surface area contributed by atoms with Gasteiger partial charge in [-0.2, -0.15) is 0 Å². The lowest BCUT2D eigenvalue weighted by molar-refractivity contribution is -0.138. The first-order valence-electron chi connectivity index (χ1n) is 13.2. The van der Waals surface area contributed by atoms with Gasteiger partial charge in [-0.15, -0.1) is 0 Å². The summed E-state index contributed by atoms with van der Waals surface area (Å²) in [7, 11) is 4.82. The van der Waals surface area contributed by atoms with Gasteiger partial charge in [-0.25, -0.2) is 28.8 Å². The first-order valence-corrected chi connectivity index (χ1v) is 19.8. The third kappa shape index (κ3) is 8.74. The molecule has 0 aromatic heterocycles. The van der Waals surface area contributed by atoms with Crippen LogP contribution in [0.5, 0.6) is 0 Å². The number of rotatable bonds is 10. The number of carbonyl (C=O) groups excluding carboxylic acids is 6. The minimum absolute atomic E-state index is 0.0684. The van der Waals surface area contributed by atoms with Gasteiger partial charge in [0.05, 0.1) is 58.6 Å². The molecule has 12 nitrogen and oxygen atoms in total. The molecule has 0 radical (unpaired) electrons. The lowest BCUT2D eigenvalue weighted by atomic mass is 10.4. The molecule has 0 bridgehead atoms. The summed E-state index contributed by atoms with van der Waals surface area (Å²) >= 11 is 8.92. The van der Waals surface area contributed by atoms with Gasteiger partial charge in [-0.1, -0.05) is 94.1 Å². The van der Waals surface area contributed by atoms with Crippen molar-refractivity contribution in [3.05, 3.63) is 68.3 Å². The number of hydrogen-bond donors (Lipinski definition) is 0. The van der Waals surface area contributed by atoms with Crippen molar-refractivity contribution in [2.45, 2.75) is 13.8 Å². The Bertz CT molecular complexity index is 1520. The maximum atomic E-state index is 13.1. The van der Waals surface area contributed by atoms with Gasteiger partial charge in [0.25, 0.3) is 0 Å². The van der Waals surface area contributed by atoms with Crippen LogP contribution in [0, 0.1) is 0 Å². The van der Waals surface area contributed by atoms with Crippen molar-refractivity contribution < 1.29 is 57.2 Å². The molecule has 0 aliphatic carbocycles. The Kier molecular flexibility index (Phi) is 14.2. The molecular formula is C28H24O12S8. The van der Waals surface area contributed by atoms with Crippen molar-refractivity contribution in [2.75, 3.05) is 41.7 Å². The molecule has 48 heavy (non-hydrogen) atoms. The standard InChI is InChI=1S/C28H24O12S8/c1-7-39-25(33)15-11(9-13-43-17(21(29)35-3)18(44-13)22(30)36-4)41-27(47-15)28-42-12(16(48-28)26(34)40-8-2)10-14-45-19(23(31)37-5)20(46-14)24(32)38-6/h9-10H,7-8H2,1-6H3/b28-27-. The Labute approximate surface area is 308 Å². The number of allylic oxidation sites excluding steroid dienone is 2. The summed E-state index contributed by atoms with van der Waals surface area (Å²) < 4.78 is 32.4. The molecule has 20 heteroatoms. The molecular weight excluding hydrogens is 785 g/mol. The predicted molar refractivity (Wildman–Crippen MR) is 193 cm³/mol. The Morgan fingerprint density at radius 2 is 0.729 bits per heavy atom. The zero-order valence-corrected chi connectivity index (χ0v) is 32.3. The number of hydrogen-bond acceptors (Lipinski definition) is 20. The van der Waals surface area contributed by atoms with Crippen LogP contribution in [0.1, 0.15) is 13.8 Å². The number of thioether (sulfide) groups is 8. The predicted octanol–water partition coefficient (Wildman–Crippen LogP) is 6.38. The second kappa shape index (κ2) is 17.6. The molecule has 4 aliphatic rings. The minimum Gasteiger partial charge on any atom is -0.465 e. The largest absolute Gasteiger partial charge is 0.465 e. The molecule has 4 aliphatic heterocycles. The molecule has 0 saturated carbocycles. The van der Waals surface area contributed by atoms with E-state index < -0.39 is 35.8 Å². The zero-order chi connectivity index (χ0) is 35.1. The molecule has 0 spiro atoms. The van der Waals surface area contributed by atoms with Crippen LogP contribution < -0.4 is 0 Å². The maximum Gasteiger partial charge on any atom is 0.346 e. The zero-order valence-electron chi connectivity index (χ0n) is 25.7. The van der Waals surface area contributed by atoms with Gasteiger partial charge in [-0.05, 0) is 26.0 Å². The fourth-order valence-corrected chi connectivity index (χ4v) is 13.8. The quantitative estimate of drug-likeness (QED) is 0.177. The van der Waals surface area contributed by atoms with E-state index >= 15 is 0 Å². The third-order valence-corrected chi connectivity index (χ3v) is 16.0. The normalized spacial score (nSPS) is 19.2. The molecule has 0 N–H and O–H groups in total. The summed E-state index contributed by atoms with van der Waals surface area (Å²) in [5.74, 6) is -3.92. The van der Waals surface area contributed by atoms with Gasteiger partial charge in [-0.3, -0.25) is 0 Å². The van der Waals surface area contributed by atoms with E-state index in [-0.39, 0.29) is 42.6 Å². The second-order valence-electron chi connectivity index (χ2n) is 8.43. The van der Waals surface area contributed by atoms with Crippen molar-refractivity contribution in [1.29, 1.82) is 0 Å². The smallest absolute Gasteiger partial charge is 0.346 e. The van der Waals surface area contributed by atoms with Crippen molar-refractivity contribution >= 4 is 130 Å². The lowest BCUT2D eigenvalue weighted by Crippen LogP contribution is -2.08. The number of methoxy groups -OCH3 is 4. The van der Waals surface area contributed by atoms with Gasteiger partial charge in [0.2, 0.25) is 0 Å². The SMILES string of the molecule is CCOC(=O)C1=C(C=C2SC(C(=O)OC)=C(C(=O)OC)S2)S/C(=C2\SC(C=C3SC(C(=O)OC)=C(C(=O)OC)S3)=C(C(=O)OCC)S2)S1. The highest BCUT2D eigenvalue weighted by molar-refractivity contribution is 8.35. The van der Waals surface area contributed by atoms with Crippen LogP contribution >= 0.6 is 94.1 Å². The molecule has 4 heterocycles. The van der Waals surface area contributed by atoms with E-state index in [1.165, 1.54) is 52.0 Å². The minimum atomic E-state index is -0.698. The molecule has 256 valence electrons. The molecule has 0 unspecified atom stereocenters. The first kappa shape index (κ1) is 38.6. The van der Waals surface area contributed by atoms with E-state index in [1.54, 1.807) is 26.0 Å². The van der Waals surface area contributed by atoms with Crippen LogP contribution in [0.4, 0.5) is 0 Å². The van der Waals surface area contributed by atoms with Gasteiger partial charge in [0, 0.05) is 9.81 Å². The highest BCUT2D eigenvalue weighted by atomic mass is 32.2. The average molecular weight is 809 g/mol. The average Bonchev–Trinajstić information content (AvgIpc) is 3.89. The van der Waals surface area contributed by atoms with Crippen LogP contribution in [-0.4, -0.2) is 77.5 Å². The number of carbonyl (C=O) groups is 6. The van der Waals surface area contributed by atoms with E-state index in [4.69, 9.17) is 28.4 Å². The topological polar surface area (TPSA) is 158 Å². The van der Waals surface area contributed by atoms with Crippen molar-refractivity contribution in [1.82, 2.24) is 0 Å². The van der Waals surface area contributed by atoms with Gasteiger partial charge in [0.1, 0.15) is 29.4 Å². The van der Waals surface area contributed by atoms with E-state index in [9.17, 15) is 28.8 Å². The van der Waals surface area contributed by atoms with Crippen LogP contribution in [0.15, 0.2) is 68.3 Å². The summed E-state index contributed by atoms with van der Waals surface area (Å²) in [6, 6.07) is 0. The Hall–Kier alpha value is -2.20. The highest BCUT2D eigenvalue weighted by Crippen LogP contribution is 2.62. The third-order valence-electron chi connectivity index (χ3n) is 5.53. The second-order valence-corrected chi connectivity index (χ2v) is 17.8. The molecule has 0 fully saturated rings. The molecule has 0 aromatic rings. The Morgan fingerprint density at radius 1 is 0.438 bits per heavy atom. The van der Waals surface area contributed by atoms with Crippen molar-refractivity contribution in [2.24, 2.45) is 0 Å². The van der Waals surface area contributed by atoms with Crippen molar-refractivity contribution in [3.63, 3.8) is 0 Å². The fraction of sp³-hybridized carbons (Fsp3) is 0.286. The van der Waals surface area contributed by atoms with E-state index in [2.05, 4.69) is 0 Å². The number of ether oxygens (including phenoxy) is 6. The van der Waals surface area contributed by atoms with Gasteiger partial charge < -0.3 is 28.4 Å². The van der Waals surface area contributed by atoms with Crippen LogP contribution in [-0.2, 0) is 57.2 Å². The molecule has 0 aromatic carbocycles.